The summed E-state index contributed by atoms with van der Waals surface area (Å²) in [6, 6.07) is 9.87. The van der Waals surface area contributed by atoms with Crippen molar-refractivity contribution in [3.63, 3.8) is 0 Å². The van der Waals surface area contributed by atoms with Crippen LogP contribution in [0.5, 0.6) is 0 Å². The summed E-state index contributed by atoms with van der Waals surface area (Å²) in [5, 5.41) is 2.69. The molecule has 0 aliphatic carbocycles. The van der Waals surface area contributed by atoms with Crippen molar-refractivity contribution in [1.29, 1.82) is 0 Å². The van der Waals surface area contributed by atoms with E-state index in [1.807, 2.05) is 0 Å². The van der Waals surface area contributed by atoms with Crippen LogP contribution in [0.4, 0.5) is 0 Å². The Morgan fingerprint density at radius 1 is 1.00 bits per heavy atom. The van der Waals surface area contributed by atoms with Crippen molar-refractivity contribution >= 4 is 46.8 Å². The molecule has 2 aromatic carbocycles. The van der Waals surface area contributed by atoms with E-state index in [1.54, 1.807) is 30.3 Å². The van der Waals surface area contributed by atoms with Crippen molar-refractivity contribution in [1.82, 2.24) is 10.2 Å². The van der Waals surface area contributed by atoms with Gasteiger partial charge in [-0.05, 0) is 17.7 Å². The number of nitrogens with one attached hydrogen (secondary N) is 1. The highest BCUT2D eigenvalue weighted by atomic mass is 35.5. The van der Waals surface area contributed by atoms with Crippen LogP contribution in [0.25, 0.3) is 0 Å². The molecule has 0 saturated heterocycles. The van der Waals surface area contributed by atoms with Crippen LogP contribution in [0.1, 0.15) is 32.3 Å². The Labute approximate surface area is 164 Å². The van der Waals surface area contributed by atoms with Gasteiger partial charge in [0.2, 0.25) is 11.8 Å². The third-order valence-electron chi connectivity index (χ3n) is 4.04. The summed E-state index contributed by atoms with van der Waals surface area (Å²) in [6.07, 6.45) is 0. The minimum absolute atomic E-state index is 0.0664. The highest BCUT2D eigenvalue weighted by Gasteiger charge is 2.37. The quantitative estimate of drug-likeness (QED) is 0.740. The number of carbonyl (C=O) groups excluding carboxylic acids is 4. The molecular formula is C18H13Cl2N3O4. The first-order valence-electron chi connectivity index (χ1n) is 7.78. The summed E-state index contributed by atoms with van der Waals surface area (Å²) in [5.41, 5.74) is 5.97. The molecule has 2 aromatic rings. The molecule has 0 radical (unpaired) electrons. The lowest BCUT2D eigenvalue weighted by atomic mass is 10.1. The minimum Gasteiger partial charge on any atom is -0.368 e. The molecule has 0 spiro atoms. The van der Waals surface area contributed by atoms with Crippen LogP contribution < -0.4 is 11.1 Å². The smallest absolute Gasteiger partial charge is 0.262 e. The van der Waals surface area contributed by atoms with Crippen molar-refractivity contribution in [3.8, 4) is 0 Å². The van der Waals surface area contributed by atoms with Crippen molar-refractivity contribution in [2.24, 2.45) is 5.73 Å². The van der Waals surface area contributed by atoms with Gasteiger partial charge in [0.25, 0.3) is 11.8 Å². The Bertz CT molecular complexity index is 922. The third kappa shape index (κ3) is 3.65. The maximum Gasteiger partial charge on any atom is 0.262 e. The zero-order valence-electron chi connectivity index (χ0n) is 13.7. The van der Waals surface area contributed by atoms with Crippen LogP contribution in [0.2, 0.25) is 10.0 Å². The molecule has 9 heteroatoms. The lowest BCUT2D eigenvalue weighted by Gasteiger charge is -2.18. The number of rotatable bonds is 5. The number of amides is 4. The largest absolute Gasteiger partial charge is 0.368 e. The number of imide groups is 1. The number of primary amides is 1. The summed E-state index contributed by atoms with van der Waals surface area (Å²) in [5.74, 6) is -2.82. The first kappa shape index (κ1) is 18.9. The molecule has 0 saturated carbocycles. The Kier molecular flexibility index (Phi) is 5.16. The highest BCUT2D eigenvalue weighted by molar-refractivity contribution is 6.43. The van der Waals surface area contributed by atoms with Gasteiger partial charge in [0, 0.05) is 0 Å². The molecule has 1 aliphatic rings. The standard InChI is InChI=1S/C18H13Cl2N3O4/c19-12-6-10-11(7-13(12)20)18(27)23(17(10)26)8-14(24)22-15(16(21)25)9-4-2-1-3-5-9/h1-7,15H,8H2,(H2,21,25)(H,22,24). The van der Waals surface area contributed by atoms with E-state index in [1.165, 1.54) is 12.1 Å². The molecule has 4 amide bonds. The van der Waals surface area contributed by atoms with E-state index in [4.69, 9.17) is 28.9 Å². The Hall–Kier alpha value is -2.90. The number of hydrogen-bond donors (Lipinski definition) is 2. The van der Waals surface area contributed by atoms with Crippen LogP contribution >= 0.6 is 23.2 Å². The average Bonchev–Trinajstić information content (AvgIpc) is 2.85. The van der Waals surface area contributed by atoms with Gasteiger partial charge in [-0.15, -0.1) is 0 Å². The van der Waals surface area contributed by atoms with E-state index in [9.17, 15) is 19.2 Å². The van der Waals surface area contributed by atoms with Crippen molar-refractivity contribution in [2.75, 3.05) is 6.54 Å². The molecule has 0 fully saturated rings. The molecule has 1 aliphatic heterocycles. The second-order valence-electron chi connectivity index (χ2n) is 5.82. The predicted octanol–water partition coefficient (Wildman–Crippen LogP) is 1.93. The maximum atomic E-state index is 12.4. The molecule has 7 nitrogen and oxygen atoms in total. The van der Waals surface area contributed by atoms with E-state index in [-0.39, 0.29) is 21.2 Å². The fraction of sp³-hybridized carbons (Fsp3) is 0.111. The van der Waals surface area contributed by atoms with Crippen LogP contribution in [-0.4, -0.2) is 35.1 Å². The summed E-state index contributed by atoms with van der Waals surface area (Å²) < 4.78 is 0. The van der Waals surface area contributed by atoms with Crippen molar-refractivity contribution < 1.29 is 19.2 Å². The third-order valence-corrected chi connectivity index (χ3v) is 4.76. The molecule has 0 bridgehead atoms. The van der Waals surface area contributed by atoms with Gasteiger partial charge < -0.3 is 11.1 Å². The van der Waals surface area contributed by atoms with Crippen LogP contribution in [-0.2, 0) is 9.59 Å². The first-order valence-corrected chi connectivity index (χ1v) is 8.54. The number of nitrogens with two attached hydrogens (primary N) is 1. The van der Waals surface area contributed by atoms with Crippen LogP contribution in [0, 0.1) is 0 Å². The average molecular weight is 406 g/mol. The van der Waals surface area contributed by atoms with Gasteiger partial charge in [-0.1, -0.05) is 53.5 Å². The van der Waals surface area contributed by atoms with Gasteiger partial charge in [-0.3, -0.25) is 24.1 Å². The highest BCUT2D eigenvalue weighted by Crippen LogP contribution is 2.31. The van der Waals surface area contributed by atoms with Crippen molar-refractivity contribution in [2.45, 2.75) is 6.04 Å². The van der Waals surface area contributed by atoms with Gasteiger partial charge in [0.1, 0.15) is 12.6 Å². The predicted molar refractivity (Wildman–Crippen MR) is 98.3 cm³/mol. The number of carbonyl (C=O) groups is 4. The Balaban J connectivity index is 1.77. The van der Waals surface area contributed by atoms with E-state index >= 15 is 0 Å². The van der Waals surface area contributed by atoms with Gasteiger partial charge >= 0.3 is 0 Å². The number of nitrogens with zero attached hydrogens (tertiary/aromatic N) is 1. The zero-order chi connectivity index (χ0) is 19.7. The molecule has 1 atom stereocenters. The van der Waals surface area contributed by atoms with Gasteiger partial charge in [-0.2, -0.15) is 0 Å². The fourth-order valence-electron chi connectivity index (χ4n) is 2.74. The van der Waals surface area contributed by atoms with Gasteiger partial charge in [-0.25, -0.2) is 0 Å². The van der Waals surface area contributed by atoms with Gasteiger partial charge in [0.15, 0.2) is 0 Å². The molecular weight excluding hydrogens is 393 g/mol. The number of halogens is 2. The summed E-state index contributed by atoms with van der Waals surface area (Å²) in [7, 11) is 0. The fourth-order valence-corrected chi connectivity index (χ4v) is 3.07. The van der Waals surface area contributed by atoms with E-state index in [0.29, 0.717) is 5.56 Å². The number of benzene rings is 2. The summed E-state index contributed by atoms with van der Waals surface area (Å²) in [6.45, 7) is -0.571. The Morgan fingerprint density at radius 3 is 2.00 bits per heavy atom. The van der Waals surface area contributed by atoms with E-state index in [0.717, 1.165) is 4.90 Å². The molecule has 1 unspecified atom stereocenters. The van der Waals surface area contributed by atoms with Gasteiger partial charge in [0.05, 0.1) is 21.2 Å². The first-order chi connectivity index (χ1) is 12.8. The number of hydrogen-bond acceptors (Lipinski definition) is 4. The summed E-state index contributed by atoms with van der Waals surface area (Å²) >= 11 is 11.8. The van der Waals surface area contributed by atoms with Crippen molar-refractivity contribution in [3.05, 3.63) is 69.2 Å². The molecule has 1 heterocycles. The normalized spacial score (nSPS) is 14.1. The molecule has 27 heavy (non-hydrogen) atoms. The van der Waals surface area contributed by atoms with Crippen LogP contribution in [0.15, 0.2) is 42.5 Å². The molecule has 138 valence electrons. The van der Waals surface area contributed by atoms with Crippen LogP contribution in [0.3, 0.4) is 0 Å². The molecule has 0 aromatic heterocycles. The topological polar surface area (TPSA) is 110 Å². The maximum absolute atomic E-state index is 12.4. The molecule has 3 N–H and O–H groups in total. The number of fused-ring (bicyclic) bond motifs is 1. The minimum atomic E-state index is -1.09. The Morgan fingerprint density at radius 2 is 1.52 bits per heavy atom. The zero-order valence-corrected chi connectivity index (χ0v) is 15.3. The summed E-state index contributed by atoms with van der Waals surface area (Å²) in [4.78, 5) is 49.6. The lowest BCUT2D eigenvalue weighted by molar-refractivity contribution is -0.127. The monoisotopic (exact) mass is 405 g/mol. The molecule has 3 rings (SSSR count). The van der Waals surface area contributed by atoms with E-state index in [2.05, 4.69) is 5.32 Å². The lowest BCUT2D eigenvalue weighted by Crippen LogP contribution is -2.44. The second kappa shape index (κ2) is 7.38. The SMILES string of the molecule is NC(=O)C(NC(=O)CN1C(=O)c2cc(Cl)c(Cl)cc2C1=O)c1ccccc1. The van der Waals surface area contributed by atoms with E-state index < -0.39 is 36.2 Å². The second-order valence-corrected chi connectivity index (χ2v) is 6.64.